The fourth-order valence-electron chi connectivity index (χ4n) is 1.70. The van der Waals surface area contributed by atoms with Crippen molar-refractivity contribution in [2.75, 3.05) is 7.11 Å². The van der Waals surface area contributed by atoms with E-state index in [1.165, 1.54) is 7.11 Å². The van der Waals surface area contributed by atoms with Crippen molar-refractivity contribution in [2.45, 2.75) is 38.7 Å². The molecular formula is C14H19O3. The van der Waals surface area contributed by atoms with E-state index in [1.54, 1.807) is 24.3 Å². The lowest BCUT2D eigenvalue weighted by Gasteiger charge is -2.08. The van der Waals surface area contributed by atoms with Gasteiger partial charge in [-0.2, -0.15) is 0 Å². The number of benzene rings is 1. The first-order chi connectivity index (χ1) is 8.19. The Morgan fingerprint density at radius 3 is 2.41 bits per heavy atom. The van der Waals surface area contributed by atoms with Gasteiger partial charge in [0.1, 0.15) is 6.10 Å². The van der Waals surface area contributed by atoms with Gasteiger partial charge in [0.15, 0.2) is 0 Å². The monoisotopic (exact) mass is 235 g/mol. The van der Waals surface area contributed by atoms with Crippen molar-refractivity contribution in [3.05, 3.63) is 35.4 Å². The van der Waals surface area contributed by atoms with E-state index in [9.17, 15) is 9.90 Å². The van der Waals surface area contributed by atoms with E-state index in [1.807, 2.05) is 0 Å². The molecule has 0 bridgehead atoms. The number of rotatable bonds is 6. The van der Waals surface area contributed by atoms with Gasteiger partial charge in [0.05, 0.1) is 12.7 Å². The van der Waals surface area contributed by atoms with Crippen LogP contribution in [-0.4, -0.2) is 13.1 Å². The highest BCUT2D eigenvalue weighted by Gasteiger charge is 2.10. The summed E-state index contributed by atoms with van der Waals surface area (Å²) in [5, 5.41) is 11.8. The second-order valence-electron chi connectivity index (χ2n) is 4.10. The van der Waals surface area contributed by atoms with Gasteiger partial charge < -0.3 is 4.74 Å². The quantitative estimate of drug-likeness (QED) is 0.559. The molecule has 0 saturated carbocycles. The molecule has 0 fully saturated rings. The largest absolute Gasteiger partial charge is 0.465 e. The molecule has 1 aromatic rings. The van der Waals surface area contributed by atoms with Gasteiger partial charge in [-0.05, 0) is 24.1 Å². The average Bonchev–Trinajstić information content (AvgIpc) is 2.38. The minimum absolute atomic E-state index is 0.370. The molecule has 1 atom stereocenters. The topological polar surface area (TPSA) is 46.2 Å². The van der Waals surface area contributed by atoms with Crippen LogP contribution in [0.4, 0.5) is 0 Å². The van der Waals surface area contributed by atoms with Gasteiger partial charge in [-0.1, -0.05) is 38.3 Å². The zero-order valence-corrected chi connectivity index (χ0v) is 10.4. The Morgan fingerprint density at radius 2 is 1.88 bits per heavy atom. The molecule has 3 heteroatoms. The summed E-state index contributed by atoms with van der Waals surface area (Å²) in [5.41, 5.74) is 1.23. The van der Waals surface area contributed by atoms with Crippen LogP contribution in [0, 0.1) is 0 Å². The summed E-state index contributed by atoms with van der Waals surface area (Å²) in [6.45, 7) is 2.12. The molecule has 0 aliphatic carbocycles. The Balaban J connectivity index is 2.57. The number of ether oxygens (including phenoxy) is 1. The molecule has 0 amide bonds. The molecule has 1 aromatic carbocycles. The first-order valence-corrected chi connectivity index (χ1v) is 6.03. The third-order valence-corrected chi connectivity index (χ3v) is 2.77. The Labute approximate surface area is 102 Å². The minimum atomic E-state index is -0.687. The van der Waals surface area contributed by atoms with Crippen LogP contribution in [0.25, 0.3) is 0 Å². The van der Waals surface area contributed by atoms with Gasteiger partial charge in [-0.15, -0.1) is 0 Å². The van der Waals surface area contributed by atoms with E-state index in [2.05, 4.69) is 11.7 Å². The summed E-state index contributed by atoms with van der Waals surface area (Å²) >= 11 is 0. The SMILES string of the molecule is CCCCCC([O])c1ccc(C(=O)OC)cc1. The van der Waals surface area contributed by atoms with Crippen molar-refractivity contribution in [1.29, 1.82) is 0 Å². The Bertz CT molecular complexity index is 343. The summed E-state index contributed by atoms with van der Waals surface area (Å²) in [4.78, 5) is 11.2. The first-order valence-electron chi connectivity index (χ1n) is 6.03. The second kappa shape index (κ2) is 7.07. The lowest BCUT2D eigenvalue weighted by atomic mass is 10.0. The van der Waals surface area contributed by atoms with E-state index < -0.39 is 6.10 Å². The van der Waals surface area contributed by atoms with Gasteiger partial charge in [0, 0.05) is 0 Å². The fourth-order valence-corrected chi connectivity index (χ4v) is 1.70. The number of carbonyl (C=O) groups excluding carboxylic acids is 1. The van der Waals surface area contributed by atoms with Crippen molar-refractivity contribution in [3.8, 4) is 0 Å². The van der Waals surface area contributed by atoms with Crippen molar-refractivity contribution in [1.82, 2.24) is 0 Å². The molecule has 0 aliphatic heterocycles. The van der Waals surface area contributed by atoms with Crippen molar-refractivity contribution in [2.24, 2.45) is 0 Å². The molecule has 3 nitrogen and oxygen atoms in total. The van der Waals surface area contributed by atoms with Gasteiger partial charge in [0.2, 0.25) is 0 Å². The Morgan fingerprint density at radius 1 is 1.24 bits per heavy atom. The maximum Gasteiger partial charge on any atom is 0.337 e. The van der Waals surface area contributed by atoms with Gasteiger partial charge in [0.25, 0.3) is 0 Å². The molecule has 0 N–H and O–H groups in total. The summed E-state index contributed by atoms with van der Waals surface area (Å²) in [6, 6.07) is 6.73. The van der Waals surface area contributed by atoms with Crippen molar-refractivity contribution in [3.63, 3.8) is 0 Å². The van der Waals surface area contributed by atoms with Crippen LogP contribution in [-0.2, 0) is 9.84 Å². The molecule has 0 aliphatic rings. The summed E-state index contributed by atoms with van der Waals surface area (Å²) < 4.78 is 4.60. The second-order valence-corrected chi connectivity index (χ2v) is 4.10. The zero-order chi connectivity index (χ0) is 12.7. The molecule has 17 heavy (non-hydrogen) atoms. The fraction of sp³-hybridized carbons (Fsp3) is 0.500. The average molecular weight is 235 g/mol. The predicted molar refractivity (Wildman–Crippen MR) is 65.4 cm³/mol. The number of unbranched alkanes of at least 4 members (excludes halogenated alkanes) is 2. The molecule has 1 rings (SSSR count). The first kappa shape index (κ1) is 13.7. The normalized spacial score (nSPS) is 12.2. The van der Waals surface area contributed by atoms with E-state index in [-0.39, 0.29) is 5.97 Å². The van der Waals surface area contributed by atoms with E-state index in [0.29, 0.717) is 12.0 Å². The highest BCUT2D eigenvalue weighted by atomic mass is 16.5. The molecule has 0 saturated heterocycles. The minimum Gasteiger partial charge on any atom is -0.465 e. The van der Waals surface area contributed by atoms with Gasteiger partial charge in [-0.25, -0.2) is 9.90 Å². The summed E-state index contributed by atoms with van der Waals surface area (Å²) in [7, 11) is 1.34. The molecule has 1 radical (unpaired) electrons. The van der Waals surface area contributed by atoms with Crippen LogP contribution in [0.2, 0.25) is 0 Å². The van der Waals surface area contributed by atoms with Crippen LogP contribution in [0.5, 0.6) is 0 Å². The maximum absolute atomic E-state index is 11.8. The van der Waals surface area contributed by atoms with Crippen LogP contribution < -0.4 is 0 Å². The predicted octanol–water partition coefficient (Wildman–Crippen LogP) is 3.53. The van der Waals surface area contributed by atoms with Crippen molar-refractivity contribution >= 4 is 5.97 Å². The lowest BCUT2D eigenvalue weighted by Crippen LogP contribution is -2.02. The lowest BCUT2D eigenvalue weighted by molar-refractivity contribution is 0.0599. The number of esters is 1. The highest BCUT2D eigenvalue weighted by Crippen LogP contribution is 2.20. The molecular weight excluding hydrogens is 216 g/mol. The molecule has 0 heterocycles. The summed E-state index contributed by atoms with van der Waals surface area (Å²) in [5.74, 6) is -0.370. The van der Waals surface area contributed by atoms with E-state index >= 15 is 0 Å². The van der Waals surface area contributed by atoms with Crippen molar-refractivity contribution < 1.29 is 14.6 Å². The number of hydrogen-bond donors (Lipinski definition) is 0. The number of hydrogen-bond acceptors (Lipinski definition) is 2. The molecule has 93 valence electrons. The van der Waals surface area contributed by atoms with Gasteiger partial charge in [-0.3, -0.25) is 0 Å². The third kappa shape index (κ3) is 4.19. The van der Waals surface area contributed by atoms with Crippen LogP contribution in [0.15, 0.2) is 24.3 Å². The zero-order valence-electron chi connectivity index (χ0n) is 10.4. The standard InChI is InChI=1S/C14H19O3/c1-3-4-5-6-13(15)11-7-9-12(10-8-11)14(16)17-2/h7-10,13H,3-6H2,1-2H3. The van der Waals surface area contributed by atoms with Crippen LogP contribution in [0.3, 0.4) is 0 Å². The summed E-state index contributed by atoms with van der Waals surface area (Å²) in [6.07, 6.45) is 3.15. The molecule has 0 spiro atoms. The number of methoxy groups -OCH3 is 1. The Hall–Kier alpha value is -1.35. The Kier molecular flexibility index (Phi) is 5.70. The smallest absolute Gasteiger partial charge is 0.337 e. The van der Waals surface area contributed by atoms with E-state index in [4.69, 9.17) is 0 Å². The molecule has 1 unspecified atom stereocenters. The maximum atomic E-state index is 11.8. The van der Waals surface area contributed by atoms with Gasteiger partial charge >= 0.3 is 5.97 Å². The molecule has 0 aromatic heterocycles. The third-order valence-electron chi connectivity index (χ3n) is 2.77. The number of carbonyl (C=O) groups is 1. The highest BCUT2D eigenvalue weighted by molar-refractivity contribution is 5.89. The van der Waals surface area contributed by atoms with E-state index in [0.717, 1.165) is 24.8 Å². The van der Waals surface area contributed by atoms with Crippen LogP contribution >= 0.6 is 0 Å². The van der Waals surface area contributed by atoms with Crippen LogP contribution in [0.1, 0.15) is 54.6 Å².